The van der Waals surface area contributed by atoms with Crippen LogP contribution in [0.3, 0.4) is 0 Å². The molecule has 1 aromatic carbocycles. The van der Waals surface area contributed by atoms with Crippen molar-refractivity contribution in [1.29, 1.82) is 0 Å². The minimum atomic E-state index is -4.55. The molecule has 236 valence electrons. The number of benzene rings is 1. The smallest absolute Gasteiger partial charge is 0.416 e. The number of aromatic nitrogens is 2. The number of hydrogen-bond donors (Lipinski definition) is 4. The number of halogens is 3. The molecule has 4 N–H and O–H groups in total. The zero-order valence-electron chi connectivity index (χ0n) is 25.2. The Balaban J connectivity index is 1.38. The lowest BCUT2D eigenvalue weighted by molar-refractivity contribution is -0.137. The van der Waals surface area contributed by atoms with Crippen LogP contribution in [0.15, 0.2) is 18.2 Å². The molecule has 1 aliphatic carbocycles. The summed E-state index contributed by atoms with van der Waals surface area (Å²) in [6, 6.07) is 2.50. The molecule has 13 heteroatoms. The summed E-state index contributed by atoms with van der Waals surface area (Å²) in [7, 11) is 0. The summed E-state index contributed by atoms with van der Waals surface area (Å²) < 4.78 is 46.9. The first-order valence-electron chi connectivity index (χ1n) is 15.1. The molecule has 3 heterocycles. The highest BCUT2D eigenvalue weighted by atomic mass is 19.4. The summed E-state index contributed by atoms with van der Waals surface area (Å²) in [5.74, 6) is -0.180. The Morgan fingerprint density at radius 1 is 1.07 bits per heavy atom. The molecule has 2 saturated heterocycles. The first-order chi connectivity index (χ1) is 20.3. The molecule has 0 spiro atoms. The molecule has 2 amide bonds. The van der Waals surface area contributed by atoms with Crippen LogP contribution in [0.1, 0.15) is 71.8 Å². The van der Waals surface area contributed by atoms with Crippen molar-refractivity contribution in [1.82, 2.24) is 30.8 Å². The molecule has 0 unspecified atom stereocenters. The molecule has 0 radical (unpaired) electrons. The maximum absolute atomic E-state index is 13.8. The van der Waals surface area contributed by atoms with Crippen LogP contribution in [0.5, 0.6) is 6.01 Å². The zero-order chi connectivity index (χ0) is 30.9. The Hall–Kier alpha value is -3.19. The van der Waals surface area contributed by atoms with Gasteiger partial charge in [-0.05, 0) is 90.6 Å². The van der Waals surface area contributed by atoms with Gasteiger partial charge in [0.05, 0.1) is 23.2 Å². The van der Waals surface area contributed by atoms with Gasteiger partial charge in [0.25, 0.3) is 0 Å². The number of alkyl halides is 3. The number of nitrogens with zero attached hydrogens (tertiary/aromatic N) is 3. The number of likely N-dealkylation sites (tertiary alicyclic amines) is 1. The van der Waals surface area contributed by atoms with Crippen molar-refractivity contribution in [2.45, 2.75) is 108 Å². The maximum Gasteiger partial charge on any atom is 0.416 e. The van der Waals surface area contributed by atoms with Crippen LogP contribution in [0.2, 0.25) is 0 Å². The number of anilines is 1. The van der Waals surface area contributed by atoms with Crippen molar-refractivity contribution in [2.75, 3.05) is 25.0 Å². The fraction of sp³-hybridized carbons (Fsp3) is 0.667. The van der Waals surface area contributed by atoms with Crippen molar-refractivity contribution in [3.05, 3.63) is 23.8 Å². The largest absolute Gasteiger partial charge is 0.460 e. The SMILES string of the molecule is CC(=O)N[C@@H]1C[C@H](NC(C)(C)C)CC[C@@H]1N1CC[C@H](Nc2nc(OC3CCNCC3)nc3ccc(C(F)(F)F)cc23)C1=O. The minimum absolute atomic E-state index is 0.0688. The van der Waals surface area contributed by atoms with Gasteiger partial charge in [0.2, 0.25) is 11.8 Å². The second-order valence-corrected chi connectivity index (χ2v) is 12.9. The van der Waals surface area contributed by atoms with Crippen molar-refractivity contribution in [2.24, 2.45) is 0 Å². The monoisotopic (exact) mass is 605 g/mol. The van der Waals surface area contributed by atoms with Gasteiger partial charge >= 0.3 is 12.2 Å². The summed E-state index contributed by atoms with van der Waals surface area (Å²) in [6.45, 7) is 9.83. The number of amides is 2. The summed E-state index contributed by atoms with van der Waals surface area (Å²) in [4.78, 5) is 36.6. The molecule has 10 nitrogen and oxygen atoms in total. The Morgan fingerprint density at radius 2 is 1.81 bits per heavy atom. The van der Waals surface area contributed by atoms with E-state index in [2.05, 4.69) is 52.0 Å². The predicted octanol–water partition coefficient (Wildman–Crippen LogP) is 3.61. The van der Waals surface area contributed by atoms with Gasteiger partial charge in [0, 0.05) is 30.4 Å². The number of carbonyl (C=O) groups excluding carboxylic acids is 2. The lowest BCUT2D eigenvalue weighted by Crippen LogP contribution is -2.59. The van der Waals surface area contributed by atoms with E-state index in [1.807, 2.05) is 4.90 Å². The summed E-state index contributed by atoms with van der Waals surface area (Å²) in [5, 5.41) is 13.3. The van der Waals surface area contributed by atoms with Crippen LogP contribution in [-0.2, 0) is 15.8 Å². The van der Waals surface area contributed by atoms with E-state index in [0.717, 1.165) is 50.9 Å². The Bertz CT molecular complexity index is 1330. The van der Waals surface area contributed by atoms with Gasteiger partial charge in [-0.25, -0.2) is 0 Å². The van der Waals surface area contributed by atoms with E-state index in [1.165, 1.54) is 13.0 Å². The number of fused-ring (bicyclic) bond motifs is 1. The standard InChI is InChI=1S/C30H42F3N7O3/c1-17(41)35-24-16-19(39-29(2,3)4)6-8-25(24)40-14-11-23(27(40)42)36-26-21-15-18(30(31,32)33)5-7-22(21)37-28(38-26)43-20-9-12-34-13-10-20/h5,7,15,19-20,23-25,34,39H,6,8-14,16H2,1-4H3,(H,35,41)(H,36,37,38)/t19-,23+,24-,25+/m1/s1. The zero-order valence-corrected chi connectivity index (χ0v) is 25.2. The van der Waals surface area contributed by atoms with Gasteiger partial charge in [-0.3, -0.25) is 9.59 Å². The second-order valence-electron chi connectivity index (χ2n) is 12.9. The van der Waals surface area contributed by atoms with Crippen molar-refractivity contribution < 1.29 is 27.5 Å². The Kier molecular flexibility index (Phi) is 9.03. The van der Waals surface area contributed by atoms with Gasteiger partial charge < -0.3 is 30.9 Å². The molecule has 3 aliphatic rings. The quantitative estimate of drug-likeness (QED) is 0.378. The third-order valence-electron chi connectivity index (χ3n) is 8.35. The van der Waals surface area contributed by atoms with E-state index in [1.54, 1.807) is 0 Å². The molecule has 2 aliphatic heterocycles. The van der Waals surface area contributed by atoms with E-state index in [4.69, 9.17) is 4.74 Å². The fourth-order valence-corrected chi connectivity index (χ4v) is 6.53. The van der Waals surface area contributed by atoms with E-state index < -0.39 is 17.8 Å². The number of piperidine rings is 1. The lowest BCUT2D eigenvalue weighted by Gasteiger charge is -2.43. The molecule has 5 rings (SSSR count). The van der Waals surface area contributed by atoms with Gasteiger partial charge in [-0.15, -0.1) is 0 Å². The Morgan fingerprint density at radius 3 is 2.49 bits per heavy atom. The van der Waals surface area contributed by atoms with Crippen LogP contribution in [0.25, 0.3) is 10.9 Å². The van der Waals surface area contributed by atoms with Gasteiger partial charge in [-0.2, -0.15) is 23.1 Å². The molecule has 1 aromatic heterocycles. The average Bonchev–Trinajstić information content (AvgIpc) is 3.27. The molecule has 43 heavy (non-hydrogen) atoms. The molecule has 3 fully saturated rings. The number of nitrogens with one attached hydrogen (secondary N) is 4. The number of carbonyl (C=O) groups is 2. The molecule has 0 bridgehead atoms. The topological polar surface area (TPSA) is 121 Å². The molecular weight excluding hydrogens is 563 g/mol. The molecular formula is C30H42F3N7O3. The van der Waals surface area contributed by atoms with E-state index >= 15 is 0 Å². The normalized spacial score (nSPS) is 25.7. The van der Waals surface area contributed by atoms with Crippen molar-refractivity contribution in [3.63, 3.8) is 0 Å². The predicted molar refractivity (Wildman–Crippen MR) is 157 cm³/mol. The third kappa shape index (κ3) is 7.67. The average molecular weight is 606 g/mol. The highest BCUT2D eigenvalue weighted by Gasteiger charge is 2.43. The first-order valence-corrected chi connectivity index (χ1v) is 15.1. The number of ether oxygens (including phenoxy) is 1. The van der Waals surface area contributed by atoms with Gasteiger partial charge in [-0.1, -0.05) is 0 Å². The van der Waals surface area contributed by atoms with Crippen LogP contribution >= 0.6 is 0 Å². The summed E-state index contributed by atoms with van der Waals surface area (Å²) >= 11 is 0. The third-order valence-corrected chi connectivity index (χ3v) is 8.35. The van der Waals surface area contributed by atoms with Gasteiger partial charge in [0.1, 0.15) is 18.0 Å². The van der Waals surface area contributed by atoms with Crippen molar-refractivity contribution >= 4 is 28.5 Å². The molecule has 4 atom stereocenters. The summed E-state index contributed by atoms with van der Waals surface area (Å²) in [6.07, 6.45) is -0.428. The number of rotatable bonds is 7. The highest BCUT2D eigenvalue weighted by molar-refractivity contribution is 5.93. The van der Waals surface area contributed by atoms with Gasteiger partial charge in [0.15, 0.2) is 0 Å². The summed E-state index contributed by atoms with van der Waals surface area (Å²) in [5.41, 5.74) is -0.608. The van der Waals surface area contributed by atoms with Crippen molar-refractivity contribution in [3.8, 4) is 6.01 Å². The van der Waals surface area contributed by atoms with Crippen LogP contribution in [0, 0.1) is 0 Å². The molecule has 2 aromatic rings. The number of hydrogen-bond acceptors (Lipinski definition) is 8. The second kappa shape index (κ2) is 12.4. The van der Waals surface area contributed by atoms with E-state index in [9.17, 15) is 22.8 Å². The van der Waals surface area contributed by atoms with Crippen LogP contribution in [-0.4, -0.2) is 82.1 Å². The van der Waals surface area contributed by atoms with Crippen LogP contribution < -0.4 is 26.0 Å². The van der Waals surface area contributed by atoms with Crippen LogP contribution in [0.4, 0.5) is 19.0 Å². The fourth-order valence-electron chi connectivity index (χ4n) is 6.53. The van der Waals surface area contributed by atoms with E-state index in [-0.39, 0.29) is 58.8 Å². The first kappa shape index (κ1) is 31.2. The Labute approximate surface area is 249 Å². The molecule has 1 saturated carbocycles. The maximum atomic E-state index is 13.8. The lowest BCUT2D eigenvalue weighted by atomic mass is 9.84. The highest BCUT2D eigenvalue weighted by Crippen LogP contribution is 2.35. The minimum Gasteiger partial charge on any atom is -0.460 e. The van der Waals surface area contributed by atoms with E-state index in [0.29, 0.717) is 24.9 Å².